The third-order valence-electron chi connectivity index (χ3n) is 3.93. The predicted molar refractivity (Wildman–Crippen MR) is 103 cm³/mol. The third kappa shape index (κ3) is 5.09. The Labute approximate surface area is 154 Å². The van der Waals surface area contributed by atoms with Crippen molar-refractivity contribution in [3.8, 4) is 5.75 Å². The van der Waals surface area contributed by atoms with E-state index in [-0.39, 0.29) is 17.9 Å². The van der Waals surface area contributed by atoms with E-state index in [1.54, 1.807) is 26.0 Å². The number of rotatable bonds is 7. The Morgan fingerprint density at radius 2 is 1.58 bits per heavy atom. The van der Waals surface area contributed by atoms with Gasteiger partial charge in [-0.2, -0.15) is 0 Å². The van der Waals surface area contributed by atoms with E-state index < -0.39 is 5.41 Å². The molecular weight excluding hydrogens is 328 g/mol. The van der Waals surface area contributed by atoms with Gasteiger partial charge in [0.05, 0.1) is 11.8 Å². The largest absolute Gasteiger partial charge is 0.489 e. The van der Waals surface area contributed by atoms with Crippen LogP contribution in [0.5, 0.6) is 5.75 Å². The van der Waals surface area contributed by atoms with Crippen molar-refractivity contribution >= 4 is 17.5 Å². The highest BCUT2D eigenvalue weighted by Gasteiger charge is 2.36. The first-order valence-corrected chi connectivity index (χ1v) is 8.70. The second-order valence-corrected chi connectivity index (χ2v) is 6.91. The monoisotopic (exact) mass is 354 g/mol. The molecule has 5 nitrogen and oxygen atoms in total. The lowest BCUT2D eigenvalue weighted by atomic mass is 9.90. The summed E-state index contributed by atoms with van der Waals surface area (Å²) in [6, 6.07) is 16.8. The fourth-order valence-corrected chi connectivity index (χ4v) is 2.31. The summed E-state index contributed by atoms with van der Waals surface area (Å²) < 4.78 is 5.71. The van der Waals surface area contributed by atoms with Gasteiger partial charge in [-0.25, -0.2) is 0 Å². The third-order valence-corrected chi connectivity index (χ3v) is 3.93. The topological polar surface area (TPSA) is 67.4 Å². The fourth-order valence-electron chi connectivity index (χ4n) is 2.31. The average molecular weight is 354 g/mol. The molecule has 2 aromatic rings. The van der Waals surface area contributed by atoms with Crippen molar-refractivity contribution in [2.75, 3.05) is 5.32 Å². The highest BCUT2D eigenvalue weighted by atomic mass is 16.5. The van der Waals surface area contributed by atoms with Crippen molar-refractivity contribution in [1.82, 2.24) is 5.32 Å². The molecule has 0 aromatic heterocycles. The van der Waals surface area contributed by atoms with E-state index >= 15 is 0 Å². The number of carbonyl (C=O) groups excluding carboxylic acids is 2. The van der Waals surface area contributed by atoms with Gasteiger partial charge in [0.1, 0.15) is 11.2 Å². The van der Waals surface area contributed by atoms with Crippen LogP contribution in [-0.2, 0) is 16.1 Å². The van der Waals surface area contributed by atoms with Gasteiger partial charge in [0, 0.05) is 6.54 Å². The molecule has 2 rings (SSSR count). The second kappa shape index (κ2) is 8.52. The molecule has 0 aliphatic heterocycles. The van der Waals surface area contributed by atoms with Crippen LogP contribution < -0.4 is 15.4 Å². The number of nitrogens with one attached hydrogen (secondary N) is 2. The van der Waals surface area contributed by atoms with Crippen molar-refractivity contribution in [1.29, 1.82) is 0 Å². The zero-order valence-electron chi connectivity index (χ0n) is 15.7. The van der Waals surface area contributed by atoms with Crippen molar-refractivity contribution in [2.45, 2.75) is 40.3 Å². The van der Waals surface area contributed by atoms with Gasteiger partial charge in [0.2, 0.25) is 11.8 Å². The Balaban J connectivity index is 2.04. The lowest BCUT2D eigenvalue weighted by Gasteiger charge is -2.24. The Bertz CT molecular complexity index is 755. The Hall–Kier alpha value is -2.82. The summed E-state index contributed by atoms with van der Waals surface area (Å²) in [6.45, 7) is 7.42. The van der Waals surface area contributed by atoms with Crippen LogP contribution in [0.25, 0.3) is 0 Å². The lowest BCUT2D eigenvalue weighted by Crippen LogP contribution is -2.44. The quantitative estimate of drug-likeness (QED) is 0.744. The molecule has 2 amide bonds. The van der Waals surface area contributed by atoms with Crippen LogP contribution in [-0.4, -0.2) is 17.9 Å². The minimum absolute atomic E-state index is 0.0183. The summed E-state index contributed by atoms with van der Waals surface area (Å²) in [5, 5.41) is 5.63. The number of hydrogen-bond donors (Lipinski definition) is 2. The minimum Gasteiger partial charge on any atom is -0.489 e. The summed E-state index contributed by atoms with van der Waals surface area (Å²) >= 11 is 0. The van der Waals surface area contributed by atoms with Crippen LogP contribution in [0, 0.1) is 5.41 Å². The Morgan fingerprint density at radius 3 is 2.23 bits per heavy atom. The summed E-state index contributed by atoms with van der Waals surface area (Å²) in [7, 11) is 0. The Morgan fingerprint density at radius 1 is 0.962 bits per heavy atom. The van der Waals surface area contributed by atoms with Gasteiger partial charge in [-0.05, 0) is 45.4 Å². The van der Waals surface area contributed by atoms with Crippen LogP contribution in [0.4, 0.5) is 5.69 Å². The molecule has 138 valence electrons. The zero-order chi connectivity index (χ0) is 19.2. The maximum absolute atomic E-state index is 12.7. The number of amides is 2. The van der Waals surface area contributed by atoms with Gasteiger partial charge in [-0.15, -0.1) is 0 Å². The predicted octanol–water partition coefficient (Wildman–Crippen LogP) is 3.75. The molecule has 0 unspecified atom stereocenters. The number of carbonyl (C=O) groups is 2. The van der Waals surface area contributed by atoms with Gasteiger partial charge >= 0.3 is 0 Å². The van der Waals surface area contributed by atoms with Crippen molar-refractivity contribution < 1.29 is 14.3 Å². The molecular formula is C21H26N2O3. The van der Waals surface area contributed by atoms with Crippen molar-refractivity contribution in [2.24, 2.45) is 5.41 Å². The summed E-state index contributed by atoms with van der Waals surface area (Å²) in [5.74, 6) is -0.139. The van der Waals surface area contributed by atoms with Gasteiger partial charge in [0.25, 0.3) is 0 Å². The standard InChI is InChI=1S/C21H26N2O3/c1-15(2)26-18-13-9-8-12-17(18)23-20(25)21(3,4)19(24)22-14-16-10-6-5-7-11-16/h5-13,15H,14H2,1-4H3,(H,22,24)(H,23,25). The molecule has 0 heterocycles. The molecule has 0 fully saturated rings. The van der Waals surface area contributed by atoms with E-state index in [1.165, 1.54) is 0 Å². The van der Waals surface area contributed by atoms with Gasteiger partial charge in [0.15, 0.2) is 0 Å². The lowest BCUT2D eigenvalue weighted by molar-refractivity contribution is -0.138. The summed E-state index contributed by atoms with van der Waals surface area (Å²) in [4.78, 5) is 25.2. The average Bonchev–Trinajstić information content (AvgIpc) is 2.61. The molecule has 0 saturated heterocycles. The Kier molecular flexibility index (Phi) is 6.39. The van der Waals surface area contributed by atoms with Crippen LogP contribution in [0.15, 0.2) is 54.6 Å². The van der Waals surface area contributed by atoms with E-state index in [0.29, 0.717) is 18.0 Å². The molecule has 0 spiro atoms. The zero-order valence-corrected chi connectivity index (χ0v) is 15.7. The van der Waals surface area contributed by atoms with Crippen LogP contribution in [0.1, 0.15) is 33.3 Å². The summed E-state index contributed by atoms with van der Waals surface area (Å²) in [6.07, 6.45) is -0.0183. The first-order valence-electron chi connectivity index (χ1n) is 8.70. The highest BCUT2D eigenvalue weighted by molar-refractivity contribution is 6.10. The molecule has 0 saturated carbocycles. The van der Waals surface area contributed by atoms with Crippen molar-refractivity contribution in [3.05, 3.63) is 60.2 Å². The van der Waals surface area contributed by atoms with Crippen LogP contribution in [0.3, 0.4) is 0 Å². The van der Waals surface area contributed by atoms with E-state index in [9.17, 15) is 9.59 Å². The van der Waals surface area contributed by atoms with E-state index in [2.05, 4.69) is 10.6 Å². The van der Waals surface area contributed by atoms with E-state index in [1.807, 2.05) is 56.3 Å². The van der Waals surface area contributed by atoms with Gasteiger partial charge < -0.3 is 15.4 Å². The molecule has 0 radical (unpaired) electrons. The number of benzene rings is 2. The molecule has 0 aliphatic carbocycles. The molecule has 0 bridgehead atoms. The summed E-state index contributed by atoms with van der Waals surface area (Å²) in [5.41, 5.74) is 0.308. The first kappa shape index (κ1) is 19.5. The molecule has 0 atom stereocenters. The first-order chi connectivity index (χ1) is 12.3. The maximum atomic E-state index is 12.7. The number of anilines is 1. The minimum atomic E-state index is -1.22. The SMILES string of the molecule is CC(C)Oc1ccccc1NC(=O)C(C)(C)C(=O)NCc1ccccc1. The fraction of sp³-hybridized carbons (Fsp3) is 0.333. The van der Waals surface area contributed by atoms with Crippen molar-refractivity contribution in [3.63, 3.8) is 0 Å². The van der Waals surface area contributed by atoms with E-state index in [0.717, 1.165) is 5.56 Å². The van der Waals surface area contributed by atoms with Gasteiger partial charge in [-0.3, -0.25) is 9.59 Å². The molecule has 0 aliphatic rings. The number of hydrogen-bond acceptors (Lipinski definition) is 3. The van der Waals surface area contributed by atoms with Gasteiger partial charge in [-0.1, -0.05) is 42.5 Å². The number of para-hydroxylation sites is 2. The molecule has 26 heavy (non-hydrogen) atoms. The normalized spacial score (nSPS) is 11.1. The van der Waals surface area contributed by atoms with E-state index in [4.69, 9.17) is 4.74 Å². The molecule has 2 aromatic carbocycles. The second-order valence-electron chi connectivity index (χ2n) is 6.91. The molecule has 2 N–H and O–H groups in total. The number of ether oxygens (including phenoxy) is 1. The highest BCUT2D eigenvalue weighted by Crippen LogP contribution is 2.27. The van der Waals surface area contributed by atoms with Crippen LogP contribution in [0.2, 0.25) is 0 Å². The van der Waals surface area contributed by atoms with Crippen LogP contribution >= 0.6 is 0 Å². The molecule has 5 heteroatoms. The maximum Gasteiger partial charge on any atom is 0.239 e. The smallest absolute Gasteiger partial charge is 0.239 e.